The number of thiophene rings is 1. The molecule has 2 rings (SSSR count). The lowest BCUT2D eigenvalue weighted by Gasteiger charge is -2.24. The van der Waals surface area contributed by atoms with Gasteiger partial charge in [-0.1, -0.05) is 12.1 Å². The summed E-state index contributed by atoms with van der Waals surface area (Å²) in [6.07, 6.45) is 0.898. The summed E-state index contributed by atoms with van der Waals surface area (Å²) in [7, 11) is 5.77. The Balaban J connectivity index is 1.60. The van der Waals surface area contributed by atoms with Gasteiger partial charge < -0.3 is 19.1 Å². The molecule has 7 heteroatoms. The van der Waals surface area contributed by atoms with Crippen molar-refractivity contribution in [1.82, 2.24) is 9.80 Å². The van der Waals surface area contributed by atoms with Gasteiger partial charge in [-0.25, -0.2) is 0 Å². The standard InChI is InChI=1S/C23H34N2O3S2/c1-23(2,26-5)20-7-9-21(10-8-20)28-22(29)25(4)12-6-14-27-15-13-24(3)17-19-11-16-30-18-19/h7-11,16,18H,6,12-15,17H2,1-5H3. The lowest BCUT2D eigenvalue weighted by Crippen LogP contribution is -2.31. The maximum absolute atomic E-state index is 5.81. The number of hydrogen-bond donors (Lipinski definition) is 0. The first-order valence-corrected chi connectivity index (χ1v) is 11.5. The summed E-state index contributed by atoms with van der Waals surface area (Å²) in [5.41, 5.74) is 2.12. The number of hydrogen-bond acceptors (Lipinski definition) is 6. The number of benzene rings is 1. The normalized spacial score (nSPS) is 11.7. The van der Waals surface area contributed by atoms with Crippen LogP contribution in [0, 0.1) is 0 Å². The van der Waals surface area contributed by atoms with E-state index in [1.807, 2.05) is 50.1 Å². The highest BCUT2D eigenvalue weighted by molar-refractivity contribution is 7.80. The van der Waals surface area contributed by atoms with Gasteiger partial charge in [-0.05, 0) is 79.6 Å². The van der Waals surface area contributed by atoms with Gasteiger partial charge in [-0.3, -0.25) is 4.90 Å². The molecule has 0 fully saturated rings. The van der Waals surface area contributed by atoms with E-state index >= 15 is 0 Å². The Morgan fingerprint density at radius 3 is 2.43 bits per heavy atom. The van der Waals surface area contributed by atoms with Gasteiger partial charge in [0.25, 0.3) is 5.17 Å². The van der Waals surface area contributed by atoms with Gasteiger partial charge >= 0.3 is 0 Å². The van der Waals surface area contributed by atoms with Gasteiger partial charge in [-0.2, -0.15) is 11.3 Å². The maximum Gasteiger partial charge on any atom is 0.264 e. The average Bonchev–Trinajstić information content (AvgIpc) is 3.23. The minimum Gasteiger partial charge on any atom is -0.432 e. The molecule has 5 nitrogen and oxygen atoms in total. The molecular formula is C23H34N2O3S2. The molecule has 166 valence electrons. The molecule has 0 amide bonds. The number of methoxy groups -OCH3 is 1. The molecule has 0 aliphatic carbocycles. The molecule has 0 aliphatic rings. The highest BCUT2D eigenvalue weighted by Crippen LogP contribution is 2.25. The van der Waals surface area contributed by atoms with Crippen LogP contribution in [0.2, 0.25) is 0 Å². The van der Waals surface area contributed by atoms with E-state index in [4.69, 9.17) is 26.4 Å². The van der Waals surface area contributed by atoms with Gasteiger partial charge in [-0.15, -0.1) is 0 Å². The number of thiocarbonyl (C=S) groups is 1. The first-order valence-electron chi connectivity index (χ1n) is 10.2. The van der Waals surface area contributed by atoms with Crippen LogP contribution in [-0.2, 0) is 21.6 Å². The lowest BCUT2D eigenvalue weighted by molar-refractivity contribution is 0.0192. The quantitative estimate of drug-likeness (QED) is 0.342. The minimum atomic E-state index is -0.325. The van der Waals surface area contributed by atoms with Crippen molar-refractivity contribution in [3.63, 3.8) is 0 Å². The lowest BCUT2D eigenvalue weighted by atomic mass is 9.98. The molecule has 0 saturated heterocycles. The zero-order valence-electron chi connectivity index (χ0n) is 18.7. The molecule has 0 atom stereocenters. The number of nitrogens with zero attached hydrogens (tertiary/aromatic N) is 2. The van der Waals surface area contributed by atoms with Crippen LogP contribution in [-0.4, -0.2) is 62.5 Å². The molecule has 0 N–H and O–H groups in total. The van der Waals surface area contributed by atoms with E-state index in [9.17, 15) is 0 Å². The highest BCUT2D eigenvalue weighted by atomic mass is 32.1. The second-order valence-electron chi connectivity index (χ2n) is 7.86. The van der Waals surface area contributed by atoms with Crippen molar-refractivity contribution in [2.75, 3.05) is 47.5 Å². The van der Waals surface area contributed by atoms with Crippen molar-refractivity contribution in [3.8, 4) is 5.75 Å². The van der Waals surface area contributed by atoms with Gasteiger partial charge in [0, 0.05) is 40.4 Å². The molecule has 0 unspecified atom stereocenters. The predicted molar refractivity (Wildman–Crippen MR) is 128 cm³/mol. The van der Waals surface area contributed by atoms with E-state index < -0.39 is 0 Å². The predicted octanol–water partition coefficient (Wildman–Crippen LogP) is 4.76. The first-order chi connectivity index (χ1) is 14.3. The largest absolute Gasteiger partial charge is 0.432 e. The molecule has 0 saturated carbocycles. The summed E-state index contributed by atoms with van der Waals surface area (Å²) < 4.78 is 17.1. The van der Waals surface area contributed by atoms with E-state index in [1.54, 1.807) is 18.4 Å². The molecule has 0 radical (unpaired) electrons. The number of rotatable bonds is 12. The molecule has 2 aromatic rings. The first kappa shape index (κ1) is 24.8. The molecule has 1 heterocycles. The molecular weight excluding hydrogens is 416 g/mol. The van der Waals surface area contributed by atoms with Crippen LogP contribution in [0.15, 0.2) is 41.1 Å². The van der Waals surface area contributed by atoms with Crippen LogP contribution in [0.25, 0.3) is 0 Å². The van der Waals surface area contributed by atoms with Crippen LogP contribution in [0.5, 0.6) is 5.75 Å². The molecule has 0 aliphatic heterocycles. The smallest absolute Gasteiger partial charge is 0.264 e. The van der Waals surface area contributed by atoms with Crippen LogP contribution in [0.4, 0.5) is 0 Å². The van der Waals surface area contributed by atoms with Crippen molar-refractivity contribution in [2.24, 2.45) is 0 Å². The van der Waals surface area contributed by atoms with Gasteiger partial charge in [0.05, 0.1) is 12.2 Å². The van der Waals surface area contributed by atoms with Crippen LogP contribution < -0.4 is 4.74 Å². The Hall–Kier alpha value is -1.51. The molecule has 1 aromatic carbocycles. The summed E-state index contributed by atoms with van der Waals surface area (Å²) in [5, 5.41) is 4.76. The van der Waals surface area contributed by atoms with Crippen molar-refractivity contribution in [1.29, 1.82) is 0 Å². The van der Waals surface area contributed by atoms with Crippen LogP contribution in [0.1, 0.15) is 31.4 Å². The monoisotopic (exact) mass is 450 g/mol. The second kappa shape index (κ2) is 12.4. The molecule has 1 aromatic heterocycles. The topological polar surface area (TPSA) is 34.2 Å². The maximum atomic E-state index is 5.81. The van der Waals surface area contributed by atoms with Crippen molar-refractivity contribution >= 4 is 28.7 Å². The highest BCUT2D eigenvalue weighted by Gasteiger charge is 2.19. The van der Waals surface area contributed by atoms with Gasteiger partial charge in [0.15, 0.2) is 0 Å². The second-order valence-corrected chi connectivity index (χ2v) is 8.99. The fourth-order valence-corrected chi connectivity index (χ4v) is 3.66. The fourth-order valence-electron chi connectivity index (χ4n) is 2.81. The summed E-state index contributed by atoms with van der Waals surface area (Å²) in [4.78, 5) is 4.21. The Bertz CT molecular complexity index is 748. The van der Waals surface area contributed by atoms with Crippen molar-refractivity contribution in [2.45, 2.75) is 32.4 Å². The zero-order chi connectivity index (χ0) is 22.0. The van der Waals surface area contributed by atoms with Gasteiger partial charge in [0.2, 0.25) is 0 Å². The average molecular weight is 451 g/mol. The molecule has 0 bridgehead atoms. The van der Waals surface area contributed by atoms with Gasteiger partial charge in [0.1, 0.15) is 5.75 Å². The van der Waals surface area contributed by atoms with Crippen molar-refractivity contribution in [3.05, 3.63) is 52.2 Å². The van der Waals surface area contributed by atoms with Crippen molar-refractivity contribution < 1.29 is 14.2 Å². The SMILES string of the molecule is COC(C)(C)c1ccc(OC(=S)N(C)CCCOCCN(C)Cc2ccsc2)cc1. The Morgan fingerprint density at radius 1 is 1.07 bits per heavy atom. The van der Waals surface area contributed by atoms with Crippen LogP contribution >= 0.6 is 23.6 Å². The number of likely N-dealkylation sites (N-methyl/N-ethyl adjacent to an activating group) is 1. The molecule has 30 heavy (non-hydrogen) atoms. The zero-order valence-corrected chi connectivity index (χ0v) is 20.4. The Kier molecular flexibility index (Phi) is 10.2. The third-order valence-corrected chi connectivity index (χ3v) is 6.14. The Morgan fingerprint density at radius 2 is 1.80 bits per heavy atom. The minimum absolute atomic E-state index is 0.325. The summed E-state index contributed by atoms with van der Waals surface area (Å²) in [6, 6.07) is 10.0. The van der Waals surface area contributed by atoms with E-state index in [0.717, 1.165) is 44.0 Å². The summed E-state index contributed by atoms with van der Waals surface area (Å²) in [5.74, 6) is 0.729. The van der Waals surface area contributed by atoms with E-state index in [-0.39, 0.29) is 5.60 Å². The summed E-state index contributed by atoms with van der Waals surface area (Å²) >= 11 is 7.15. The van der Waals surface area contributed by atoms with E-state index in [0.29, 0.717) is 11.8 Å². The molecule has 0 spiro atoms. The third-order valence-electron chi connectivity index (χ3n) is 5.01. The Labute approximate surface area is 190 Å². The van der Waals surface area contributed by atoms with E-state index in [1.165, 1.54) is 5.56 Å². The number of ether oxygens (including phenoxy) is 3. The third kappa shape index (κ3) is 8.32. The summed E-state index contributed by atoms with van der Waals surface area (Å²) in [6.45, 7) is 8.18. The van der Waals surface area contributed by atoms with Crippen LogP contribution in [0.3, 0.4) is 0 Å². The fraction of sp³-hybridized carbons (Fsp3) is 0.522. The van der Waals surface area contributed by atoms with E-state index in [2.05, 4.69) is 28.8 Å².